The SMILES string of the molecule is NC(=O)NC(=S)C1(Br)C=C(c2ccccc2NC(=O)c2ccccc2F)C=C(Br)C1(N)O. The number of rotatable bonds is 4. The van der Waals surface area contributed by atoms with E-state index in [9.17, 15) is 19.1 Å². The average molecular weight is 584 g/mol. The Morgan fingerprint density at radius 2 is 1.75 bits per heavy atom. The number of thiocarbonyl (C=S) groups is 1. The van der Waals surface area contributed by atoms with Crippen molar-refractivity contribution in [3.05, 3.63) is 82.1 Å². The van der Waals surface area contributed by atoms with E-state index in [2.05, 4.69) is 42.5 Å². The first-order valence-electron chi connectivity index (χ1n) is 9.04. The lowest BCUT2D eigenvalue weighted by molar-refractivity contribution is 0.0893. The zero-order valence-corrected chi connectivity index (χ0v) is 20.2. The minimum absolute atomic E-state index is 0.116. The van der Waals surface area contributed by atoms with Crippen LogP contribution in [0.25, 0.3) is 5.57 Å². The molecule has 1 aliphatic rings. The van der Waals surface area contributed by atoms with E-state index in [1.165, 1.54) is 24.3 Å². The Hall–Kier alpha value is -2.44. The zero-order chi connectivity index (χ0) is 23.7. The lowest BCUT2D eigenvalue weighted by Gasteiger charge is -2.41. The highest BCUT2D eigenvalue weighted by Gasteiger charge is 2.52. The summed E-state index contributed by atoms with van der Waals surface area (Å²) in [6.45, 7) is 0. The van der Waals surface area contributed by atoms with Gasteiger partial charge in [-0.15, -0.1) is 0 Å². The fourth-order valence-corrected chi connectivity index (χ4v) is 4.76. The molecule has 2 aromatic rings. The summed E-state index contributed by atoms with van der Waals surface area (Å²) in [7, 11) is 0. The predicted molar refractivity (Wildman–Crippen MR) is 132 cm³/mol. The molecule has 0 saturated carbocycles. The van der Waals surface area contributed by atoms with Gasteiger partial charge < -0.3 is 21.5 Å². The third-order valence-electron chi connectivity index (χ3n) is 4.73. The van der Waals surface area contributed by atoms with Gasteiger partial charge in [0, 0.05) is 15.7 Å². The minimum atomic E-state index is -2.07. The average Bonchev–Trinajstić information content (AvgIpc) is 2.72. The summed E-state index contributed by atoms with van der Waals surface area (Å²) in [6.07, 6.45) is 3.03. The molecule has 3 amide bonds. The van der Waals surface area contributed by atoms with Crippen molar-refractivity contribution in [2.75, 3.05) is 5.32 Å². The lowest BCUT2D eigenvalue weighted by atomic mass is 9.85. The Bertz CT molecular complexity index is 1190. The van der Waals surface area contributed by atoms with Crippen molar-refractivity contribution in [1.29, 1.82) is 0 Å². The van der Waals surface area contributed by atoms with Crippen LogP contribution in [-0.2, 0) is 0 Å². The summed E-state index contributed by atoms with van der Waals surface area (Å²) in [5, 5.41) is 15.8. The molecule has 0 radical (unpaired) electrons. The summed E-state index contributed by atoms with van der Waals surface area (Å²) in [6, 6.07) is 11.5. The van der Waals surface area contributed by atoms with Crippen LogP contribution in [0.15, 0.2) is 65.2 Å². The molecule has 3 rings (SSSR count). The summed E-state index contributed by atoms with van der Waals surface area (Å²) in [4.78, 5) is 23.8. The molecule has 7 nitrogen and oxygen atoms in total. The number of urea groups is 1. The number of hydrogen-bond donors (Lipinski definition) is 5. The third-order valence-corrected chi connectivity index (χ3v) is 7.48. The van der Waals surface area contributed by atoms with Crippen LogP contribution >= 0.6 is 44.1 Å². The molecule has 0 aliphatic heterocycles. The van der Waals surface area contributed by atoms with Crippen LogP contribution in [0, 0.1) is 5.82 Å². The van der Waals surface area contributed by atoms with Crippen molar-refractivity contribution in [3.63, 3.8) is 0 Å². The maximum absolute atomic E-state index is 14.0. The van der Waals surface area contributed by atoms with Crippen molar-refractivity contribution in [2.24, 2.45) is 11.5 Å². The van der Waals surface area contributed by atoms with Gasteiger partial charge in [-0.05, 0) is 35.9 Å². The first-order chi connectivity index (χ1) is 15.0. The molecule has 2 atom stereocenters. The fraction of sp³-hybridized carbons (Fsp3) is 0.0952. The second-order valence-corrected chi connectivity index (χ2v) is 9.38. The summed E-state index contributed by atoms with van der Waals surface area (Å²) < 4.78 is 12.5. The van der Waals surface area contributed by atoms with E-state index in [0.717, 1.165) is 0 Å². The van der Waals surface area contributed by atoms with Gasteiger partial charge >= 0.3 is 6.03 Å². The molecule has 2 aromatic carbocycles. The first-order valence-corrected chi connectivity index (χ1v) is 11.0. The van der Waals surface area contributed by atoms with Crippen molar-refractivity contribution < 1.29 is 19.1 Å². The van der Waals surface area contributed by atoms with Crippen LogP contribution in [0.2, 0.25) is 0 Å². The molecular formula is C21H17Br2FN4O3S. The molecular weight excluding hydrogens is 567 g/mol. The molecule has 0 saturated heterocycles. The maximum Gasteiger partial charge on any atom is 0.317 e. The molecule has 0 aromatic heterocycles. The van der Waals surface area contributed by atoms with Crippen molar-refractivity contribution in [3.8, 4) is 0 Å². The second kappa shape index (κ2) is 9.20. The summed E-state index contributed by atoms with van der Waals surface area (Å²) in [5.41, 5.74) is 10.5. The smallest absolute Gasteiger partial charge is 0.317 e. The number of nitrogens with two attached hydrogens (primary N) is 2. The van der Waals surface area contributed by atoms with Gasteiger partial charge in [0.05, 0.1) is 5.56 Å². The van der Waals surface area contributed by atoms with E-state index < -0.39 is 27.8 Å². The van der Waals surface area contributed by atoms with Crippen LogP contribution in [0.4, 0.5) is 14.9 Å². The monoisotopic (exact) mass is 582 g/mol. The number of para-hydroxylation sites is 1. The van der Waals surface area contributed by atoms with Crippen LogP contribution < -0.4 is 22.1 Å². The van der Waals surface area contributed by atoms with E-state index in [4.69, 9.17) is 23.7 Å². The molecule has 0 heterocycles. The normalized spacial score (nSPS) is 22.4. The number of carbonyl (C=O) groups excluding carboxylic acids is 2. The maximum atomic E-state index is 14.0. The van der Waals surface area contributed by atoms with Crippen LogP contribution in [0.3, 0.4) is 0 Å². The molecule has 0 bridgehead atoms. The van der Waals surface area contributed by atoms with Gasteiger partial charge in [-0.1, -0.05) is 74.4 Å². The first kappa shape index (κ1) is 24.2. The predicted octanol–water partition coefficient (Wildman–Crippen LogP) is 3.53. The molecule has 0 fully saturated rings. The van der Waals surface area contributed by atoms with E-state index in [0.29, 0.717) is 16.8 Å². The van der Waals surface area contributed by atoms with E-state index in [1.807, 2.05) is 0 Å². The number of anilines is 1. The lowest BCUT2D eigenvalue weighted by Crippen LogP contribution is -2.64. The van der Waals surface area contributed by atoms with Gasteiger partial charge in [-0.25, -0.2) is 9.18 Å². The van der Waals surface area contributed by atoms with Gasteiger partial charge in [0.2, 0.25) is 0 Å². The third kappa shape index (κ3) is 4.52. The number of halogens is 3. The molecule has 0 spiro atoms. The highest BCUT2D eigenvalue weighted by molar-refractivity contribution is 9.12. The van der Waals surface area contributed by atoms with Gasteiger partial charge in [0.15, 0.2) is 5.72 Å². The quantitative estimate of drug-likeness (QED) is 0.213. The van der Waals surface area contributed by atoms with Gasteiger partial charge in [-0.2, -0.15) is 0 Å². The fourth-order valence-electron chi connectivity index (χ4n) is 3.06. The number of alkyl halides is 1. The Morgan fingerprint density at radius 3 is 2.41 bits per heavy atom. The van der Waals surface area contributed by atoms with E-state index in [1.54, 1.807) is 36.4 Å². The van der Waals surface area contributed by atoms with Crippen LogP contribution in [-0.4, -0.2) is 32.1 Å². The molecule has 1 aliphatic carbocycles. The number of benzene rings is 2. The topological polar surface area (TPSA) is 130 Å². The minimum Gasteiger partial charge on any atom is -0.369 e. The summed E-state index contributed by atoms with van der Waals surface area (Å²) >= 11 is 11.8. The number of allylic oxidation sites excluding steroid dienone is 2. The molecule has 32 heavy (non-hydrogen) atoms. The highest BCUT2D eigenvalue weighted by atomic mass is 79.9. The molecule has 7 N–H and O–H groups in total. The number of hydrogen-bond acceptors (Lipinski definition) is 5. The van der Waals surface area contributed by atoms with Crippen molar-refractivity contribution in [1.82, 2.24) is 5.32 Å². The van der Waals surface area contributed by atoms with Crippen molar-refractivity contribution in [2.45, 2.75) is 10.0 Å². The molecule has 166 valence electrons. The zero-order valence-electron chi connectivity index (χ0n) is 16.2. The Kier molecular flexibility index (Phi) is 6.96. The van der Waals surface area contributed by atoms with Gasteiger partial charge in [-0.3, -0.25) is 10.5 Å². The largest absolute Gasteiger partial charge is 0.369 e. The van der Waals surface area contributed by atoms with Gasteiger partial charge in [0.1, 0.15) is 15.1 Å². The number of aliphatic hydroxyl groups is 1. The van der Waals surface area contributed by atoms with Crippen LogP contribution in [0.5, 0.6) is 0 Å². The Morgan fingerprint density at radius 1 is 1.12 bits per heavy atom. The highest BCUT2D eigenvalue weighted by Crippen LogP contribution is 2.45. The number of nitrogens with one attached hydrogen (secondary N) is 2. The van der Waals surface area contributed by atoms with E-state index >= 15 is 0 Å². The van der Waals surface area contributed by atoms with Gasteiger partial charge in [0.25, 0.3) is 5.91 Å². The summed E-state index contributed by atoms with van der Waals surface area (Å²) in [5.74, 6) is -1.29. The molecule has 2 unspecified atom stereocenters. The Balaban J connectivity index is 2.06. The Labute approximate surface area is 205 Å². The standard InChI is InChI=1S/C21H17Br2FN4O3S/c22-16-9-11(10-20(23,21(16,26)31)18(32)28-19(25)30)12-5-2-4-8-15(12)27-17(29)13-6-1-3-7-14(13)24/h1-10,31H,26H2,(H,27,29)(H3,25,28,30,32). The number of primary amides is 1. The number of amides is 3. The number of carbonyl (C=O) groups is 2. The second-order valence-electron chi connectivity index (χ2n) is 6.87. The van der Waals surface area contributed by atoms with Crippen LogP contribution in [0.1, 0.15) is 15.9 Å². The van der Waals surface area contributed by atoms with E-state index in [-0.39, 0.29) is 15.0 Å². The van der Waals surface area contributed by atoms with Crippen molar-refractivity contribution >= 4 is 72.3 Å². The molecule has 11 heteroatoms.